The number of hydrogen-bond acceptors (Lipinski definition) is 4. The zero-order chi connectivity index (χ0) is 14.0. The summed E-state index contributed by atoms with van der Waals surface area (Å²) in [5.74, 6) is -0.417. The maximum absolute atomic E-state index is 13.8. The first-order valence-electron chi connectivity index (χ1n) is 5.60. The first kappa shape index (κ1) is 13.1. The van der Waals surface area contributed by atoms with Crippen LogP contribution in [0.5, 0.6) is 5.75 Å². The molecule has 19 heavy (non-hydrogen) atoms. The van der Waals surface area contributed by atoms with Crippen LogP contribution in [0.1, 0.15) is 18.0 Å². The van der Waals surface area contributed by atoms with E-state index in [2.05, 4.69) is 5.32 Å². The highest BCUT2D eigenvalue weighted by molar-refractivity contribution is 5.80. The lowest BCUT2D eigenvalue weighted by Gasteiger charge is -2.19. The van der Waals surface area contributed by atoms with Gasteiger partial charge in [0.1, 0.15) is 17.7 Å². The number of nitrogens with one attached hydrogen (secondary N) is 1. The van der Waals surface area contributed by atoms with Crippen molar-refractivity contribution in [1.29, 1.82) is 0 Å². The van der Waals surface area contributed by atoms with Crippen LogP contribution in [-0.4, -0.2) is 25.2 Å². The number of nitrogens with two attached hydrogens (primary N) is 1. The van der Waals surface area contributed by atoms with Crippen LogP contribution in [0.4, 0.5) is 9.18 Å². The summed E-state index contributed by atoms with van der Waals surface area (Å²) in [6, 6.07) is 3.36. The number of carbonyl (C=O) groups excluding carboxylic acids is 2. The second-order valence-electron chi connectivity index (χ2n) is 4.11. The molecule has 0 bridgehead atoms. The maximum Gasteiger partial charge on any atom is 0.404 e. The van der Waals surface area contributed by atoms with E-state index in [9.17, 15) is 14.0 Å². The van der Waals surface area contributed by atoms with Crippen molar-refractivity contribution < 1.29 is 23.5 Å². The largest absolute Gasteiger partial charge is 0.497 e. The van der Waals surface area contributed by atoms with Gasteiger partial charge in [-0.1, -0.05) is 0 Å². The lowest BCUT2D eigenvalue weighted by atomic mass is 10.0. The van der Waals surface area contributed by atoms with Crippen molar-refractivity contribution in [2.75, 3.05) is 7.11 Å². The van der Waals surface area contributed by atoms with E-state index in [-0.39, 0.29) is 17.9 Å². The molecule has 102 valence electrons. The highest BCUT2D eigenvalue weighted by atomic mass is 19.1. The predicted molar refractivity (Wildman–Crippen MR) is 62.9 cm³/mol. The Balaban J connectivity index is 2.32. The minimum atomic E-state index is -1.00. The number of ether oxygens (including phenoxy) is 2. The smallest absolute Gasteiger partial charge is 0.404 e. The number of hydrogen-bond donors (Lipinski definition) is 2. The quantitative estimate of drug-likeness (QED) is 0.850. The van der Waals surface area contributed by atoms with E-state index in [4.69, 9.17) is 15.2 Å². The molecule has 1 aliphatic rings. The van der Waals surface area contributed by atoms with Crippen LogP contribution in [0.25, 0.3) is 0 Å². The molecule has 1 aliphatic heterocycles. The highest BCUT2D eigenvalue weighted by Gasteiger charge is 2.37. The Kier molecular flexibility index (Phi) is 3.55. The number of primary amides is 1. The minimum Gasteiger partial charge on any atom is -0.497 e. The summed E-state index contributed by atoms with van der Waals surface area (Å²) in [6.45, 7) is 0. The summed E-state index contributed by atoms with van der Waals surface area (Å²) in [6.07, 6.45) is -1.88. The number of carbonyl (C=O) groups is 2. The van der Waals surface area contributed by atoms with Crippen molar-refractivity contribution in [2.24, 2.45) is 5.73 Å². The SMILES string of the molecule is COc1ccc(F)c([C@@H]2NC(=O)C[C@H]2OC(N)=O)c1. The van der Waals surface area contributed by atoms with E-state index in [1.165, 1.54) is 25.3 Å². The first-order valence-corrected chi connectivity index (χ1v) is 5.60. The molecule has 0 unspecified atom stereocenters. The van der Waals surface area contributed by atoms with Crippen LogP contribution in [0.2, 0.25) is 0 Å². The first-order chi connectivity index (χ1) is 9.01. The fraction of sp³-hybridized carbons (Fsp3) is 0.333. The van der Waals surface area contributed by atoms with Gasteiger partial charge in [-0.15, -0.1) is 0 Å². The van der Waals surface area contributed by atoms with E-state index in [1.807, 2.05) is 0 Å². The summed E-state index contributed by atoms with van der Waals surface area (Å²) in [5.41, 5.74) is 5.12. The van der Waals surface area contributed by atoms with Crippen LogP contribution in [0.15, 0.2) is 18.2 Å². The van der Waals surface area contributed by atoms with Gasteiger partial charge in [0.15, 0.2) is 0 Å². The summed E-state index contributed by atoms with van der Waals surface area (Å²) in [7, 11) is 1.45. The van der Waals surface area contributed by atoms with E-state index in [1.54, 1.807) is 0 Å². The van der Waals surface area contributed by atoms with Gasteiger partial charge in [-0.25, -0.2) is 9.18 Å². The average Bonchev–Trinajstić information content (AvgIpc) is 2.70. The van der Waals surface area contributed by atoms with Crippen molar-refractivity contribution in [3.8, 4) is 5.75 Å². The van der Waals surface area contributed by atoms with Gasteiger partial charge in [0, 0.05) is 5.56 Å². The molecule has 2 atom stereocenters. The molecule has 2 rings (SSSR count). The van der Waals surface area contributed by atoms with Gasteiger partial charge >= 0.3 is 6.09 Å². The molecule has 0 aromatic heterocycles. The Bertz CT molecular complexity index is 520. The normalized spacial score (nSPS) is 21.9. The summed E-state index contributed by atoms with van der Waals surface area (Å²) in [4.78, 5) is 22.2. The van der Waals surface area contributed by atoms with Crippen LogP contribution in [-0.2, 0) is 9.53 Å². The van der Waals surface area contributed by atoms with Gasteiger partial charge in [-0.2, -0.15) is 0 Å². The molecular weight excluding hydrogens is 255 g/mol. The molecule has 0 radical (unpaired) electrons. The van der Waals surface area contributed by atoms with Crippen LogP contribution in [0.3, 0.4) is 0 Å². The number of benzene rings is 1. The van der Waals surface area contributed by atoms with Gasteiger partial charge < -0.3 is 20.5 Å². The van der Waals surface area contributed by atoms with Gasteiger partial charge in [0.25, 0.3) is 0 Å². The Morgan fingerprint density at radius 2 is 2.26 bits per heavy atom. The highest BCUT2D eigenvalue weighted by Crippen LogP contribution is 2.31. The average molecular weight is 268 g/mol. The second kappa shape index (κ2) is 5.13. The van der Waals surface area contributed by atoms with Crippen molar-refractivity contribution in [2.45, 2.75) is 18.6 Å². The Morgan fingerprint density at radius 3 is 2.89 bits per heavy atom. The van der Waals surface area contributed by atoms with Crippen LogP contribution >= 0.6 is 0 Å². The summed E-state index contributed by atoms with van der Waals surface area (Å²) in [5, 5.41) is 2.55. The third-order valence-corrected chi connectivity index (χ3v) is 2.88. The molecule has 1 aromatic carbocycles. The van der Waals surface area contributed by atoms with Crippen LogP contribution < -0.4 is 15.8 Å². The Labute approximate surface area is 108 Å². The molecule has 1 saturated heterocycles. The molecule has 1 heterocycles. The minimum absolute atomic E-state index is 0.0513. The van der Waals surface area contributed by atoms with Crippen molar-refractivity contribution in [3.05, 3.63) is 29.6 Å². The van der Waals surface area contributed by atoms with Gasteiger partial charge in [0.05, 0.1) is 19.6 Å². The number of halogens is 1. The Morgan fingerprint density at radius 1 is 1.53 bits per heavy atom. The van der Waals surface area contributed by atoms with E-state index in [0.29, 0.717) is 5.75 Å². The third kappa shape index (κ3) is 2.75. The second-order valence-corrected chi connectivity index (χ2v) is 4.11. The molecule has 1 fully saturated rings. The molecule has 6 nitrogen and oxygen atoms in total. The fourth-order valence-electron chi connectivity index (χ4n) is 2.05. The standard InChI is InChI=1S/C12H13FN2O4/c1-18-6-2-3-8(13)7(4-6)11-9(19-12(14)17)5-10(16)15-11/h2-4,9,11H,5H2,1H3,(H2,14,17)(H,15,16)/t9-,11+/m1/s1. The van der Waals surface area contributed by atoms with Crippen molar-refractivity contribution in [3.63, 3.8) is 0 Å². The lowest BCUT2D eigenvalue weighted by molar-refractivity contribution is -0.119. The topological polar surface area (TPSA) is 90.7 Å². The van der Waals surface area contributed by atoms with Crippen molar-refractivity contribution >= 4 is 12.0 Å². The molecule has 3 N–H and O–H groups in total. The maximum atomic E-state index is 13.8. The molecule has 0 spiro atoms. The Hall–Kier alpha value is -2.31. The lowest BCUT2D eigenvalue weighted by Crippen LogP contribution is -2.29. The number of rotatable bonds is 3. The van der Waals surface area contributed by atoms with E-state index >= 15 is 0 Å². The van der Waals surface area contributed by atoms with Gasteiger partial charge in [0.2, 0.25) is 5.91 Å². The molecule has 2 amide bonds. The van der Waals surface area contributed by atoms with Gasteiger partial charge in [-0.3, -0.25) is 4.79 Å². The summed E-state index contributed by atoms with van der Waals surface area (Å²) < 4.78 is 23.6. The van der Waals surface area contributed by atoms with Gasteiger partial charge in [-0.05, 0) is 18.2 Å². The van der Waals surface area contributed by atoms with E-state index < -0.39 is 24.1 Å². The molecule has 1 aromatic rings. The molecule has 0 saturated carbocycles. The monoisotopic (exact) mass is 268 g/mol. The zero-order valence-electron chi connectivity index (χ0n) is 10.2. The number of amides is 2. The molecular formula is C12H13FN2O4. The number of methoxy groups -OCH3 is 1. The fourth-order valence-corrected chi connectivity index (χ4v) is 2.05. The predicted octanol–water partition coefficient (Wildman–Crippen LogP) is 0.859. The molecule has 0 aliphatic carbocycles. The molecule has 7 heteroatoms. The summed E-state index contributed by atoms with van der Waals surface area (Å²) >= 11 is 0. The third-order valence-electron chi connectivity index (χ3n) is 2.88. The van der Waals surface area contributed by atoms with Crippen molar-refractivity contribution in [1.82, 2.24) is 5.32 Å². The zero-order valence-corrected chi connectivity index (χ0v) is 10.2. The van der Waals surface area contributed by atoms with Crippen LogP contribution in [0, 0.1) is 5.82 Å². The van der Waals surface area contributed by atoms with E-state index in [0.717, 1.165) is 0 Å².